The van der Waals surface area contributed by atoms with Gasteiger partial charge in [0.05, 0.1) is 34.8 Å². The summed E-state index contributed by atoms with van der Waals surface area (Å²) in [5.74, 6) is -0.154. The summed E-state index contributed by atoms with van der Waals surface area (Å²) in [4.78, 5) is 13.9. The second-order valence-corrected chi connectivity index (χ2v) is 8.64. The van der Waals surface area contributed by atoms with Gasteiger partial charge < -0.3 is 9.64 Å². The van der Waals surface area contributed by atoms with Crippen LogP contribution in [0.15, 0.2) is 18.2 Å². The van der Waals surface area contributed by atoms with Gasteiger partial charge in [0.25, 0.3) is 0 Å². The smallest absolute Gasteiger partial charge is 0.372 e. The van der Waals surface area contributed by atoms with Crippen LogP contribution in [0, 0.1) is 0 Å². The molecule has 0 bridgehead atoms. The molecule has 4 unspecified atom stereocenters. The molecule has 1 N–H and O–H groups in total. The highest BCUT2D eigenvalue weighted by Gasteiger charge is 2.42. The predicted octanol–water partition coefficient (Wildman–Crippen LogP) is 3.26. The number of carbonyl (C=O) groups excluding carboxylic acids is 1. The average molecular weight is 458 g/mol. The average Bonchev–Trinajstić information content (AvgIpc) is 3.01. The van der Waals surface area contributed by atoms with Crippen LogP contribution in [-0.2, 0) is 39.5 Å². The Bertz CT molecular complexity index is 797. The number of alkyl halides is 6. The van der Waals surface area contributed by atoms with E-state index in [0.717, 1.165) is 0 Å². The van der Waals surface area contributed by atoms with Crippen LogP contribution < -0.4 is 4.72 Å². The first-order valence-electron chi connectivity index (χ1n) is 9.12. The van der Waals surface area contributed by atoms with Gasteiger partial charge in [0.1, 0.15) is 0 Å². The van der Waals surface area contributed by atoms with Crippen LogP contribution in [0.5, 0.6) is 0 Å². The zero-order chi connectivity index (χ0) is 22.3. The number of hydrogen-bond donors (Lipinski definition) is 1. The van der Waals surface area contributed by atoms with E-state index in [9.17, 15) is 35.3 Å². The van der Waals surface area contributed by atoms with Gasteiger partial charge in [-0.1, -0.05) is 0 Å². The lowest BCUT2D eigenvalue weighted by Gasteiger charge is -2.34. The van der Waals surface area contributed by atoms with E-state index >= 15 is 0 Å². The summed E-state index contributed by atoms with van der Waals surface area (Å²) in [6.45, 7) is -0.219. The number of ether oxygens (including phenoxy) is 1. The van der Waals surface area contributed by atoms with Crippen molar-refractivity contribution in [3.05, 3.63) is 34.9 Å². The lowest BCUT2D eigenvalue weighted by molar-refractivity contribution is -0.143. The molecule has 2 aliphatic rings. The largest absolute Gasteiger partial charge is 0.416 e. The lowest BCUT2D eigenvalue weighted by Crippen LogP contribution is -2.49. The molecular formula is C18H20F6N2O3S. The van der Waals surface area contributed by atoms with Crippen LogP contribution in [0.4, 0.5) is 26.3 Å². The second-order valence-electron chi connectivity index (χ2n) is 7.49. The summed E-state index contributed by atoms with van der Waals surface area (Å²) in [5.41, 5.74) is -3.03. The van der Waals surface area contributed by atoms with Gasteiger partial charge >= 0.3 is 12.4 Å². The molecular weight excluding hydrogens is 438 g/mol. The summed E-state index contributed by atoms with van der Waals surface area (Å²) in [7, 11) is -1.28. The molecule has 5 nitrogen and oxygen atoms in total. The number of benzene rings is 1. The maximum Gasteiger partial charge on any atom is 0.416 e. The SMILES string of the molecule is CS(=O)NC1CC(=O)N2CC(OCc3cc(C(F)(F)F)cc(C(F)(F)F)c3)CC2C1. The Kier molecular flexibility index (Phi) is 6.49. The molecule has 168 valence electrons. The van der Waals surface area contributed by atoms with Crippen LogP contribution in [0.25, 0.3) is 0 Å². The highest BCUT2D eigenvalue weighted by molar-refractivity contribution is 7.82. The number of nitrogens with zero attached hydrogens (tertiary/aromatic N) is 1. The zero-order valence-corrected chi connectivity index (χ0v) is 16.7. The predicted molar refractivity (Wildman–Crippen MR) is 95.4 cm³/mol. The second kappa shape index (κ2) is 8.46. The molecule has 4 atom stereocenters. The minimum Gasteiger partial charge on any atom is -0.372 e. The number of halogens is 6. The molecule has 2 fully saturated rings. The van der Waals surface area contributed by atoms with Crippen molar-refractivity contribution in [2.75, 3.05) is 12.8 Å². The van der Waals surface area contributed by atoms with Crippen molar-refractivity contribution < 1.29 is 40.1 Å². The van der Waals surface area contributed by atoms with E-state index < -0.39 is 47.2 Å². The summed E-state index contributed by atoms with van der Waals surface area (Å²) >= 11 is 0. The number of fused-ring (bicyclic) bond motifs is 1. The van der Waals surface area contributed by atoms with Gasteiger partial charge in [-0.3, -0.25) is 4.79 Å². The molecule has 2 aliphatic heterocycles. The fourth-order valence-electron chi connectivity index (χ4n) is 3.90. The number of hydrogen-bond acceptors (Lipinski definition) is 3. The van der Waals surface area contributed by atoms with Crippen LogP contribution in [-0.4, -0.2) is 46.0 Å². The number of amides is 1. The molecule has 2 saturated heterocycles. The fourth-order valence-corrected chi connectivity index (χ4v) is 4.55. The number of nitrogens with one attached hydrogen (secondary N) is 1. The van der Waals surface area contributed by atoms with Crippen molar-refractivity contribution in [2.45, 2.75) is 56.4 Å². The van der Waals surface area contributed by atoms with Crippen molar-refractivity contribution in [3.63, 3.8) is 0 Å². The quantitative estimate of drug-likeness (QED) is 0.690. The van der Waals surface area contributed by atoms with E-state index in [1.54, 1.807) is 4.90 Å². The first kappa shape index (κ1) is 23.0. The Morgan fingerprint density at radius 2 is 1.70 bits per heavy atom. The van der Waals surface area contributed by atoms with Crippen LogP contribution in [0.2, 0.25) is 0 Å². The lowest BCUT2D eigenvalue weighted by atomic mass is 9.98. The van der Waals surface area contributed by atoms with Crippen molar-refractivity contribution in [2.24, 2.45) is 0 Å². The van der Waals surface area contributed by atoms with Crippen LogP contribution in [0.1, 0.15) is 36.0 Å². The molecule has 0 aliphatic carbocycles. The van der Waals surface area contributed by atoms with Gasteiger partial charge in [-0.2, -0.15) is 26.3 Å². The maximum atomic E-state index is 13.0. The minimum absolute atomic E-state index is 0.0722. The van der Waals surface area contributed by atoms with E-state index in [2.05, 4.69) is 4.72 Å². The van der Waals surface area contributed by atoms with Gasteiger partial charge in [-0.15, -0.1) is 0 Å². The van der Waals surface area contributed by atoms with E-state index in [0.29, 0.717) is 25.0 Å². The van der Waals surface area contributed by atoms with Gasteiger partial charge in [-0.25, -0.2) is 8.93 Å². The third-order valence-corrected chi connectivity index (χ3v) is 5.81. The standard InChI is InChI=1S/C18H20F6N2O3S/c1-30(28)25-13-5-14-7-15(8-26(14)16(27)6-13)29-9-10-2-11(17(19,20)21)4-12(3-10)18(22,23)24/h2-4,13-15,25H,5-9H2,1H3. The number of carbonyl (C=O) groups is 1. The molecule has 0 radical (unpaired) electrons. The highest BCUT2D eigenvalue weighted by atomic mass is 32.2. The monoisotopic (exact) mass is 458 g/mol. The third-order valence-electron chi connectivity index (χ3n) is 5.14. The minimum atomic E-state index is -4.92. The van der Waals surface area contributed by atoms with Gasteiger partial charge in [0, 0.05) is 31.3 Å². The molecule has 1 aromatic rings. The fraction of sp³-hybridized carbons (Fsp3) is 0.611. The Morgan fingerprint density at radius 3 is 2.23 bits per heavy atom. The number of piperidine rings is 1. The van der Waals surface area contributed by atoms with Crippen molar-refractivity contribution in [3.8, 4) is 0 Å². The molecule has 0 saturated carbocycles. The zero-order valence-electron chi connectivity index (χ0n) is 15.8. The normalized spacial score (nSPS) is 26.0. The summed E-state index contributed by atoms with van der Waals surface area (Å²) in [5, 5.41) is 0. The van der Waals surface area contributed by atoms with Gasteiger partial charge in [-0.05, 0) is 36.6 Å². The first-order valence-corrected chi connectivity index (χ1v) is 10.7. The molecule has 3 rings (SSSR count). The Morgan fingerprint density at radius 1 is 1.10 bits per heavy atom. The molecule has 0 aromatic heterocycles. The summed E-state index contributed by atoms with van der Waals surface area (Å²) in [6.07, 6.45) is -7.75. The summed E-state index contributed by atoms with van der Waals surface area (Å²) in [6, 6.07) is 0.923. The van der Waals surface area contributed by atoms with E-state index in [1.807, 2.05) is 0 Å². The van der Waals surface area contributed by atoms with Crippen LogP contribution in [0.3, 0.4) is 0 Å². The molecule has 30 heavy (non-hydrogen) atoms. The van der Waals surface area contributed by atoms with E-state index in [-0.39, 0.29) is 42.6 Å². The molecule has 0 spiro atoms. The van der Waals surface area contributed by atoms with E-state index in [1.165, 1.54) is 6.26 Å². The molecule has 12 heteroatoms. The topological polar surface area (TPSA) is 58.6 Å². The molecule has 1 aromatic carbocycles. The molecule has 1 amide bonds. The van der Waals surface area contributed by atoms with Crippen molar-refractivity contribution in [1.82, 2.24) is 9.62 Å². The van der Waals surface area contributed by atoms with Gasteiger partial charge in [0.2, 0.25) is 5.91 Å². The Hall–Kier alpha value is -1.66. The van der Waals surface area contributed by atoms with E-state index in [4.69, 9.17) is 4.74 Å². The maximum absolute atomic E-state index is 13.0. The Balaban J connectivity index is 1.68. The van der Waals surface area contributed by atoms with Gasteiger partial charge in [0.15, 0.2) is 0 Å². The van der Waals surface area contributed by atoms with Crippen molar-refractivity contribution >= 4 is 16.9 Å². The van der Waals surface area contributed by atoms with Crippen LogP contribution >= 0.6 is 0 Å². The number of rotatable bonds is 5. The Labute approximate surface area is 171 Å². The highest BCUT2D eigenvalue weighted by Crippen LogP contribution is 2.37. The first-order chi connectivity index (χ1) is 13.8. The molecule has 2 heterocycles. The third kappa shape index (κ3) is 5.52. The summed E-state index contributed by atoms with van der Waals surface area (Å²) < 4.78 is 97.5. The van der Waals surface area contributed by atoms with Crippen molar-refractivity contribution in [1.29, 1.82) is 0 Å².